The number of nitrogens with two attached hydrogens (primary N) is 1. The van der Waals surface area contributed by atoms with Gasteiger partial charge < -0.3 is 26.1 Å². The Kier molecular flexibility index (Phi) is 25.1. The number of carbonyl (C=O) groups is 4. The average molecular weight is 768 g/mol. The highest BCUT2D eigenvalue weighted by Crippen LogP contribution is 2.22. The molecule has 1 aliphatic rings. The number of benzene rings is 1. The number of piperidine rings is 1. The van der Waals surface area contributed by atoms with Crippen molar-refractivity contribution < 1.29 is 24.0 Å². The number of hydrogen-bond donors (Lipinski definition) is 3. The first-order chi connectivity index (χ1) is 26.5. The molecular formula is C45H77N5O5. The number of rotatable bonds is 30. The van der Waals surface area contributed by atoms with Crippen LogP contribution in [0.3, 0.4) is 0 Å². The van der Waals surface area contributed by atoms with Crippen LogP contribution in [-0.2, 0) is 19.2 Å². The van der Waals surface area contributed by atoms with E-state index in [0.717, 1.165) is 56.5 Å². The van der Waals surface area contributed by atoms with E-state index in [4.69, 9.17) is 10.6 Å². The fourth-order valence-corrected chi connectivity index (χ4v) is 7.39. The van der Waals surface area contributed by atoms with Gasteiger partial charge in [-0.25, -0.2) is 0 Å². The third-order valence-electron chi connectivity index (χ3n) is 11.0. The van der Waals surface area contributed by atoms with Crippen LogP contribution in [0.15, 0.2) is 29.4 Å². The maximum atomic E-state index is 12.7. The molecule has 0 radical (unpaired) electrons. The summed E-state index contributed by atoms with van der Waals surface area (Å²) >= 11 is 0. The highest BCUT2D eigenvalue weighted by Gasteiger charge is 2.23. The maximum Gasteiger partial charge on any atom is 0.251 e. The number of nitrogens with one attached hydrogen (secondary N) is 2. The third-order valence-corrected chi connectivity index (χ3v) is 11.0. The zero-order chi connectivity index (χ0) is 40.3. The predicted molar refractivity (Wildman–Crippen MR) is 225 cm³/mol. The molecule has 10 heteroatoms. The van der Waals surface area contributed by atoms with E-state index in [0.29, 0.717) is 62.1 Å². The van der Waals surface area contributed by atoms with Gasteiger partial charge in [0.15, 0.2) is 0 Å². The van der Waals surface area contributed by atoms with E-state index in [1.165, 1.54) is 77.0 Å². The van der Waals surface area contributed by atoms with Crippen LogP contribution in [0.1, 0.15) is 185 Å². The van der Waals surface area contributed by atoms with Crippen molar-refractivity contribution in [1.29, 1.82) is 0 Å². The summed E-state index contributed by atoms with van der Waals surface area (Å²) in [5.74, 6) is 0.195. The first-order valence-corrected chi connectivity index (χ1v) is 21.9. The summed E-state index contributed by atoms with van der Waals surface area (Å²) in [6, 6.07) is 6.56. The zero-order valence-corrected chi connectivity index (χ0v) is 35.3. The zero-order valence-electron chi connectivity index (χ0n) is 35.3. The van der Waals surface area contributed by atoms with Gasteiger partial charge in [-0.3, -0.25) is 19.2 Å². The highest BCUT2D eigenvalue weighted by atomic mass is 16.6. The number of unbranched alkanes of at least 4 members (excludes halogenated alkanes) is 13. The molecule has 312 valence electrons. The number of carbonyl (C=O) groups excluding carboxylic acids is 4. The number of primary amides is 1. The minimum atomic E-state index is -0.710. The van der Waals surface area contributed by atoms with Crippen LogP contribution in [0, 0.1) is 17.8 Å². The van der Waals surface area contributed by atoms with Gasteiger partial charge in [0, 0.05) is 37.5 Å². The molecule has 55 heavy (non-hydrogen) atoms. The molecule has 4 amide bonds. The van der Waals surface area contributed by atoms with Crippen molar-refractivity contribution in [3.05, 3.63) is 35.4 Å². The lowest BCUT2D eigenvalue weighted by Crippen LogP contribution is -2.46. The van der Waals surface area contributed by atoms with E-state index in [9.17, 15) is 19.2 Å². The van der Waals surface area contributed by atoms with Crippen molar-refractivity contribution in [1.82, 2.24) is 15.5 Å². The summed E-state index contributed by atoms with van der Waals surface area (Å²) < 4.78 is 0. The molecule has 4 N–H and O–H groups in total. The molecule has 1 aromatic rings. The summed E-state index contributed by atoms with van der Waals surface area (Å²) in [4.78, 5) is 57.4. The van der Waals surface area contributed by atoms with E-state index in [2.05, 4.69) is 41.5 Å². The summed E-state index contributed by atoms with van der Waals surface area (Å²) in [5, 5.41) is 10.0. The van der Waals surface area contributed by atoms with Crippen molar-refractivity contribution in [2.24, 2.45) is 28.6 Å². The molecule has 0 saturated carbocycles. The Labute approximate surface area is 333 Å². The Hall–Kier alpha value is -3.43. The fraction of sp³-hybridized carbons (Fsp3) is 0.756. The van der Waals surface area contributed by atoms with Crippen LogP contribution in [0.2, 0.25) is 0 Å². The van der Waals surface area contributed by atoms with E-state index in [1.54, 1.807) is 12.1 Å². The second-order valence-corrected chi connectivity index (χ2v) is 16.4. The van der Waals surface area contributed by atoms with E-state index < -0.39 is 11.9 Å². The van der Waals surface area contributed by atoms with E-state index >= 15 is 0 Å². The van der Waals surface area contributed by atoms with Gasteiger partial charge in [-0.15, -0.1) is 0 Å². The van der Waals surface area contributed by atoms with Gasteiger partial charge in [-0.1, -0.05) is 122 Å². The largest absolute Gasteiger partial charge is 0.396 e. The lowest BCUT2D eigenvalue weighted by Gasteiger charge is -2.32. The van der Waals surface area contributed by atoms with Gasteiger partial charge >= 0.3 is 0 Å². The maximum absolute atomic E-state index is 12.7. The number of amides is 4. The van der Waals surface area contributed by atoms with Gasteiger partial charge in [0.25, 0.3) is 5.91 Å². The van der Waals surface area contributed by atoms with Crippen molar-refractivity contribution in [3.63, 3.8) is 0 Å². The van der Waals surface area contributed by atoms with Crippen LogP contribution in [0.4, 0.5) is 0 Å². The molecule has 0 bridgehead atoms. The Morgan fingerprint density at radius 2 is 1.38 bits per heavy atom. The highest BCUT2D eigenvalue weighted by molar-refractivity contribution is 6.00. The van der Waals surface area contributed by atoms with Gasteiger partial charge in [0.05, 0.1) is 5.71 Å². The van der Waals surface area contributed by atoms with Crippen LogP contribution in [-0.4, -0.2) is 66.5 Å². The molecule has 10 nitrogen and oxygen atoms in total. The van der Waals surface area contributed by atoms with Gasteiger partial charge in [0.1, 0.15) is 12.6 Å². The molecule has 0 spiro atoms. The van der Waals surface area contributed by atoms with E-state index in [-0.39, 0.29) is 17.7 Å². The Balaban J connectivity index is 1.54. The SMILES string of the molecule is CCCCCCCCCCCCCCCC(=O)N1CCC(CCO/N=C(/C)c2ccc(C(=O)NCCCC[C@H](NC(=O)[C@@H](C)CC(C)C)C(N)=O)cc2)CC1. The molecule has 1 aliphatic heterocycles. The number of nitrogens with zero attached hydrogens (tertiary/aromatic N) is 2. The Morgan fingerprint density at radius 3 is 1.95 bits per heavy atom. The van der Waals surface area contributed by atoms with Gasteiger partial charge in [-0.05, 0) is 87.8 Å². The number of likely N-dealkylation sites (tertiary alicyclic amines) is 1. The molecule has 0 aliphatic carbocycles. The summed E-state index contributed by atoms with van der Waals surface area (Å²) in [6.07, 6.45) is 23.3. The summed E-state index contributed by atoms with van der Waals surface area (Å²) in [5.41, 5.74) is 7.70. The summed E-state index contributed by atoms with van der Waals surface area (Å²) in [6.45, 7) is 12.8. The average Bonchev–Trinajstić information content (AvgIpc) is 3.17. The minimum Gasteiger partial charge on any atom is -0.396 e. The quantitative estimate of drug-likeness (QED) is 0.0407. The van der Waals surface area contributed by atoms with E-state index in [1.807, 2.05) is 26.0 Å². The van der Waals surface area contributed by atoms with Crippen molar-refractivity contribution in [2.45, 2.75) is 175 Å². The molecule has 2 rings (SSSR count). The third kappa shape index (κ3) is 21.5. The topological polar surface area (TPSA) is 143 Å². The van der Waals surface area contributed by atoms with Crippen molar-refractivity contribution >= 4 is 29.3 Å². The molecule has 2 atom stereocenters. The van der Waals surface area contributed by atoms with Crippen LogP contribution >= 0.6 is 0 Å². The number of hydrogen-bond acceptors (Lipinski definition) is 6. The first-order valence-electron chi connectivity index (χ1n) is 21.9. The monoisotopic (exact) mass is 768 g/mol. The lowest BCUT2D eigenvalue weighted by molar-refractivity contribution is -0.132. The molecule has 0 unspecified atom stereocenters. The second kappa shape index (κ2) is 28.9. The lowest BCUT2D eigenvalue weighted by atomic mass is 9.93. The normalized spacial score (nSPS) is 14.8. The van der Waals surface area contributed by atoms with Crippen LogP contribution in [0.25, 0.3) is 0 Å². The minimum absolute atomic E-state index is 0.156. The molecule has 1 heterocycles. The molecule has 1 fully saturated rings. The first kappa shape index (κ1) is 47.7. The fourth-order valence-electron chi connectivity index (χ4n) is 7.39. The van der Waals surface area contributed by atoms with Crippen LogP contribution < -0.4 is 16.4 Å². The van der Waals surface area contributed by atoms with Crippen molar-refractivity contribution in [2.75, 3.05) is 26.2 Å². The molecule has 1 saturated heterocycles. The van der Waals surface area contributed by atoms with Crippen molar-refractivity contribution in [3.8, 4) is 0 Å². The van der Waals surface area contributed by atoms with Crippen LogP contribution in [0.5, 0.6) is 0 Å². The molecule has 0 aromatic heterocycles. The Morgan fingerprint density at radius 1 is 0.818 bits per heavy atom. The van der Waals surface area contributed by atoms with Gasteiger partial charge in [-0.2, -0.15) is 0 Å². The Bertz CT molecular complexity index is 1260. The second-order valence-electron chi connectivity index (χ2n) is 16.4. The summed E-state index contributed by atoms with van der Waals surface area (Å²) in [7, 11) is 0. The molecule has 1 aromatic carbocycles. The standard InChI is InChI=1S/C45H77N5O5/c1-6-7-8-9-10-11-12-13-14-15-16-17-18-22-42(51)50-31-27-38(28-32-50)29-33-55-49-37(5)39-23-25-40(26-24-39)45(54)47-30-20-19-21-41(43(46)52)48-44(53)36(4)34-35(2)3/h23-26,35-36,38,41H,6-22,27-34H2,1-5H3,(H2,46,52)(H,47,54)(H,48,53)/b49-37-/t36-,41-/m0/s1. The predicted octanol–water partition coefficient (Wildman–Crippen LogP) is 9.09. The molecular weight excluding hydrogens is 691 g/mol. The smallest absolute Gasteiger partial charge is 0.251 e. The van der Waals surface area contributed by atoms with Gasteiger partial charge in [0.2, 0.25) is 17.7 Å². The number of oxime groups is 1.